The third kappa shape index (κ3) is 14.1. The van der Waals surface area contributed by atoms with Crippen LogP contribution in [0.2, 0.25) is 0 Å². The van der Waals surface area contributed by atoms with E-state index in [-0.39, 0.29) is 0 Å². The molecular weight excluding hydrogens is 324 g/mol. The van der Waals surface area contributed by atoms with E-state index in [2.05, 4.69) is 21.3 Å². The minimum Gasteiger partial charge on any atom is -0.379 e. The predicted molar refractivity (Wildman–Crippen MR) is 100 cm³/mol. The first-order chi connectivity index (χ1) is 12.2. The smallest absolute Gasteiger partial charge is 0.207 e. The topological polar surface area (TPSA) is 92.9 Å². The molecule has 0 aliphatic heterocycles. The van der Waals surface area contributed by atoms with Crippen LogP contribution in [0.5, 0.6) is 0 Å². The van der Waals surface area contributed by atoms with E-state index < -0.39 is 5.54 Å². The lowest BCUT2D eigenvalue weighted by Crippen LogP contribution is -2.56. The van der Waals surface area contributed by atoms with Crippen LogP contribution in [0.25, 0.3) is 0 Å². The van der Waals surface area contributed by atoms with E-state index in [4.69, 9.17) is 14.2 Å². The highest BCUT2D eigenvalue weighted by atomic mass is 16.5. The van der Waals surface area contributed by atoms with Crippen LogP contribution in [0.15, 0.2) is 0 Å². The van der Waals surface area contributed by atoms with Crippen LogP contribution in [0, 0.1) is 0 Å². The summed E-state index contributed by atoms with van der Waals surface area (Å²) >= 11 is 0. The van der Waals surface area contributed by atoms with Crippen molar-refractivity contribution in [3.05, 3.63) is 0 Å². The second-order valence-electron chi connectivity index (χ2n) is 6.07. The molecule has 0 heterocycles. The molecule has 0 aromatic heterocycles. The van der Waals surface area contributed by atoms with Crippen LogP contribution >= 0.6 is 0 Å². The van der Waals surface area contributed by atoms with Crippen molar-refractivity contribution in [2.24, 2.45) is 0 Å². The van der Waals surface area contributed by atoms with Crippen LogP contribution < -0.4 is 21.3 Å². The molecule has 0 radical (unpaired) electrons. The third-order valence-corrected chi connectivity index (χ3v) is 3.65. The standard InChI is InChI=1S/C17H38N4O4/c1-18-7-4-10-23-13-17(21-16-22,14-24-11-5-8-19-2)15-25-12-6-9-20-3/h16,18-20H,4-15H2,1-3H3,(H,21,22). The molecule has 0 aliphatic rings. The summed E-state index contributed by atoms with van der Waals surface area (Å²) in [6, 6.07) is 0. The van der Waals surface area contributed by atoms with Gasteiger partial charge in [0.1, 0.15) is 5.54 Å². The lowest BCUT2D eigenvalue weighted by molar-refractivity contribution is -0.115. The summed E-state index contributed by atoms with van der Waals surface area (Å²) in [5.41, 5.74) is -0.652. The van der Waals surface area contributed by atoms with E-state index in [0.717, 1.165) is 38.9 Å². The van der Waals surface area contributed by atoms with Gasteiger partial charge in [-0.15, -0.1) is 0 Å². The highest BCUT2D eigenvalue weighted by molar-refractivity contribution is 5.48. The van der Waals surface area contributed by atoms with Crippen molar-refractivity contribution in [1.82, 2.24) is 21.3 Å². The zero-order chi connectivity index (χ0) is 18.6. The molecule has 0 saturated carbocycles. The average molecular weight is 363 g/mol. The molecule has 0 unspecified atom stereocenters. The summed E-state index contributed by atoms with van der Waals surface area (Å²) in [4.78, 5) is 11.1. The number of amides is 1. The SMILES string of the molecule is CNCCCOCC(COCCCNC)(COCCCNC)NC=O. The Morgan fingerprint density at radius 3 is 1.36 bits per heavy atom. The molecule has 0 fully saturated rings. The molecule has 1 amide bonds. The fraction of sp³-hybridized carbons (Fsp3) is 0.941. The summed E-state index contributed by atoms with van der Waals surface area (Å²) in [7, 11) is 5.74. The predicted octanol–water partition coefficient (Wildman–Crippen LogP) is -0.650. The number of ether oxygens (including phenoxy) is 3. The Balaban J connectivity index is 4.42. The van der Waals surface area contributed by atoms with Gasteiger partial charge in [-0.1, -0.05) is 0 Å². The largest absolute Gasteiger partial charge is 0.379 e. The second-order valence-corrected chi connectivity index (χ2v) is 6.07. The van der Waals surface area contributed by atoms with Gasteiger partial charge in [-0.3, -0.25) is 4.79 Å². The van der Waals surface area contributed by atoms with Crippen LogP contribution in [0.3, 0.4) is 0 Å². The molecule has 0 aromatic rings. The van der Waals surface area contributed by atoms with Gasteiger partial charge in [0.15, 0.2) is 0 Å². The van der Waals surface area contributed by atoms with Gasteiger partial charge in [-0.05, 0) is 60.0 Å². The Morgan fingerprint density at radius 2 is 1.08 bits per heavy atom. The van der Waals surface area contributed by atoms with Crippen molar-refractivity contribution in [2.45, 2.75) is 24.8 Å². The van der Waals surface area contributed by atoms with E-state index in [1.54, 1.807) is 0 Å². The van der Waals surface area contributed by atoms with Gasteiger partial charge in [0.2, 0.25) is 6.41 Å². The highest BCUT2D eigenvalue weighted by Gasteiger charge is 2.31. The molecule has 0 atom stereocenters. The molecule has 4 N–H and O–H groups in total. The number of hydrogen-bond acceptors (Lipinski definition) is 7. The Morgan fingerprint density at radius 1 is 0.720 bits per heavy atom. The molecule has 8 nitrogen and oxygen atoms in total. The zero-order valence-corrected chi connectivity index (χ0v) is 16.2. The Hall–Kier alpha value is -0.770. The minimum absolute atomic E-state index is 0.369. The van der Waals surface area contributed by atoms with Crippen LogP contribution in [0.1, 0.15) is 19.3 Å². The van der Waals surface area contributed by atoms with Gasteiger partial charge in [-0.2, -0.15) is 0 Å². The summed E-state index contributed by atoms with van der Waals surface area (Å²) in [5.74, 6) is 0. The quantitative estimate of drug-likeness (QED) is 0.169. The monoisotopic (exact) mass is 362 g/mol. The number of nitrogens with one attached hydrogen (secondary N) is 4. The summed E-state index contributed by atoms with van der Waals surface area (Å²) in [5, 5.41) is 12.1. The Labute approximate surface area is 152 Å². The molecule has 0 aliphatic carbocycles. The van der Waals surface area contributed by atoms with E-state index in [1.165, 1.54) is 0 Å². The fourth-order valence-corrected chi connectivity index (χ4v) is 2.23. The van der Waals surface area contributed by atoms with Gasteiger partial charge in [0.05, 0.1) is 19.8 Å². The first-order valence-electron chi connectivity index (χ1n) is 9.13. The summed E-state index contributed by atoms with van der Waals surface area (Å²) < 4.78 is 17.3. The second kappa shape index (κ2) is 18.0. The fourth-order valence-electron chi connectivity index (χ4n) is 2.23. The maximum absolute atomic E-state index is 11.1. The molecule has 150 valence electrons. The van der Waals surface area contributed by atoms with E-state index in [9.17, 15) is 4.79 Å². The Kier molecular flexibility index (Phi) is 17.5. The van der Waals surface area contributed by atoms with Gasteiger partial charge < -0.3 is 35.5 Å². The van der Waals surface area contributed by atoms with Crippen molar-refractivity contribution in [3.63, 3.8) is 0 Å². The zero-order valence-electron chi connectivity index (χ0n) is 16.2. The maximum Gasteiger partial charge on any atom is 0.207 e. The lowest BCUT2D eigenvalue weighted by Gasteiger charge is -2.32. The van der Waals surface area contributed by atoms with Crippen molar-refractivity contribution < 1.29 is 19.0 Å². The first-order valence-corrected chi connectivity index (χ1v) is 9.13. The minimum atomic E-state index is -0.652. The van der Waals surface area contributed by atoms with Crippen molar-refractivity contribution in [2.75, 3.05) is 80.4 Å². The van der Waals surface area contributed by atoms with Crippen LogP contribution in [0.4, 0.5) is 0 Å². The molecule has 0 spiro atoms. The molecule has 0 saturated heterocycles. The molecule has 0 bridgehead atoms. The van der Waals surface area contributed by atoms with E-state index in [1.807, 2.05) is 21.1 Å². The Bertz CT molecular complexity index is 260. The lowest BCUT2D eigenvalue weighted by atomic mass is 10.0. The molecule has 0 aromatic carbocycles. The number of carbonyl (C=O) groups is 1. The average Bonchev–Trinajstić information content (AvgIpc) is 2.61. The maximum atomic E-state index is 11.1. The van der Waals surface area contributed by atoms with Crippen LogP contribution in [-0.4, -0.2) is 92.4 Å². The van der Waals surface area contributed by atoms with Crippen molar-refractivity contribution in [1.29, 1.82) is 0 Å². The third-order valence-electron chi connectivity index (χ3n) is 3.65. The van der Waals surface area contributed by atoms with Crippen LogP contribution in [-0.2, 0) is 19.0 Å². The molecular formula is C17H38N4O4. The van der Waals surface area contributed by atoms with Crippen molar-refractivity contribution in [3.8, 4) is 0 Å². The van der Waals surface area contributed by atoms with Gasteiger partial charge >= 0.3 is 0 Å². The van der Waals surface area contributed by atoms with E-state index in [0.29, 0.717) is 46.1 Å². The number of rotatable bonds is 20. The number of hydrogen-bond donors (Lipinski definition) is 4. The van der Waals surface area contributed by atoms with Gasteiger partial charge in [0.25, 0.3) is 0 Å². The first kappa shape index (κ1) is 24.2. The van der Waals surface area contributed by atoms with E-state index >= 15 is 0 Å². The molecule has 25 heavy (non-hydrogen) atoms. The highest BCUT2D eigenvalue weighted by Crippen LogP contribution is 2.09. The van der Waals surface area contributed by atoms with Gasteiger partial charge in [-0.25, -0.2) is 0 Å². The normalized spacial score (nSPS) is 11.6. The molecule has 0 rings (SSSR count). The molecule has 8 heteroatoms. The summed E-state index contributed by atoms with van der Waals surface area (Å²) in [6.07, 6.45) is 3.45. The summed E-state index contributed by atoms with van der Waals surface area (Å²) in [6.45, 7) is 5.68. The van der Waals surface area contributed by atoms with Crippen molar-refractivity contribution >= 4 is 6.41 Å². The number of carbonyl (C=O) groups excluding carboxylic acids is 1. The van der Waals surface area contributed by atoms with Gasteiger partial charge in [0, 0.05) is 19.8 Å².